The molecule has 0 saturated carbocycles. The molecule has 19 heavy (non-hydrogen) atoms. The van der Waals surface area contributed by atoms with Gasteiger partial charge in [0.2, 0.25) is 0 Å². The number of hydrogen-bond acceptors (Lipinski definition) is 1. The lowest BCUT2D eigenvalue weighted by Gasteiger charge is -2.14. The van der Waals surface area contributed by atoms with Gasteiger partial charge in [0.05, 0.1) is 0 Å². The molecule has 0 spiro atoms. The van der Waals surface area contributed by atoms with Crippen LogP contribution in [0.15, 0.2) is 12.1 Å². The van der Waals surface area contributed by atoms with Gasteiger partial charge in [0.1, 0.15) is 23.0 Å². The molecule has 0 aliphatic rings. The van der Waals surface area contributed by atoms with E-state index < -0.39 is 28.9 Å². The van der Waals surface area contributed by atoms with Gasteiger partial charge < -0.3 is 5.32 Å². The van der Waals surface area contributed by atoms with E-state index >= 15 is 0 Å². The molecule has 0 bridgehead atoms. The lowest BCUT2D eigenvalue weighted by atomic mass is 10.0. The second-order valence-corrected chi connectivity index (χ2v) is 4.58. The van der Waals surface area contributed by atoms with Gasteiger partial charge in [0, 0.05) is 24.6 Å². The van der Waals surface area contributed by atoms with Crippen LogP contribution >= 0.6 is 11.6 Å². The summed E-state index contributed by atoms with van der Waals surface area (Å²) in [5, 5.41) is 2.44. The fraction of sp³-hybridized carbons (Fsp3) is 0.462. The Hall–Kier alpha value is -1.23. The van der Waals surface area contributed by atoms with Crippen LogP contribution in [0, 0.1) is 23.4 Å². The molecular formula is C13H15ClF3NO. The topological polar surface area (TPSA) is 29.1 Å². The molecule has 0 aliphatic heterocycles. The molecule has 0 radical (unpaired) electrons. The average Bonchev–Trinajstić information content (AvgIpc) is 2.33. The largest absolute Gasteiger partial charge is 0.352 e. The quantitative estimate of drug-likeness (QED) is 0.799. The summed E-state index contributed by atoms with van der Waals surface area (Å²) in [4.78, 5) is 11.7. The van der Waals surface area contributed by atoms with Gasteiger partial charge >= 0.3 is 0 Å². The van der Waals surface area contributed by atoms with Crippen LogP contribution in [-0.4, -0.2) is 18.3 Å². The molecule has 106 valence electrons. The van der Waals surface area contributed by atoms with Crippen molar-refractivity contribution in [1.29, 1.82) is 0 Å². The fourth-order valence-corrected chi connectivity index (χ4v) is 2.00. The summed E-state index contributed by atoms with van der Waals surface area (Å²) < 4.78 is 39.4. The maximum Gasteiger partial charge on any atom is 0.257 e. The number of hydrogen-bond donors (Lipinski definition) is 1. The van der Waals surface area contributed by atoms with E-state index in [1.165, 1.54) is 0 Å². The maximum atomic E-state index is 13.4. The Balaban J connectivity index is 2.73. The van der Waals surface area contributed by atoms with Crippen molar-refractivity contribution in [2.75, 3.05) is 12.4 Å². The van der Waals surface area contributed by atoms with E-state index in [0.29, 0.717) is 24.4 Å². The summed E-state index contributed by atoms with van der Waals surface area (Å²) in [6.07, 6.45) is 1.49. The number of alkyl halides is 1. The standard InChI is InChI=1S/C13H15ClF3NO/c1-2-8(3-4-14)7-18-13(19)12-10(16)5-9(15)6-11(12)17/h5-6,8H,2-4,7H2,1H3,(H,18,19). The molecule has 1 N–H and O–H groups in total. The number of benzene rings is 1. The molecule has 1 unspecified atom stereocenters. The van der Waals surface area contributed by atoms with E-state index in [2.05, 4.69) is 5.32 Å². The first-order valence-electron chi connectivity index (χ1n) is 5.98. The van der Waals surface area contributed by atoms with Crippen molar-refractivity contribution in [3.8, 4) is 0 Å². The van der Waals surface area contributed by atoms with Crippen LogP contribution in [-0.2, 0) is 0 Å². The van der Waals surface area contributed by atoms with E-state index in [1.807, 2.05) is 6.92 Å². The summed E-state index contributed by atoms with van der Waals surface area (Å²) in [5.74, 6) is -3.76. The van der Waals surface area contributed by atoms with E-state index in [1.54, 1.807) is 0 Å². The first-order valence-corrected chi connectivity index (χ1v) is 6.51. The molecule has 1 amide bonds. The minimum atomic E-state index is -1.21. The molecule has 0 aliphatic carbocycles. The number of carbonyl (C=O) groups excluding carboxylic acids is 1. The van der Waals surface area contributed by atoms with E-state index in [0.717, 1.165) is 6.42 Å². The zero-order valence-corrected chi connectivity index (χ0v) is 11.2. The highest BCUT2D eigenvalue weighted by Crippen LogP contribution is 2.15. The number of carbonyl (C=O) groups is 1. The molecule has 2 nitrogen and oxygen atoms in total. The highest BCUT2D eigenvalue weighted by atomic mass is 35.5. The van der Waals surface area contributed by atoms with Crippen molar-refractivity contribution in [3.63, 3.8) is 0 Å². The monoisotopic (exact) mass is 293 g/mol. The van der Waals surface area contributed by atoms with Crippen molar-refractivity contribution in [1.82, 2.24) is 5.32 Å². The van der Waals surface area contributed by atoms with Crippen LogP contribution in [0.25, 0.3) is 0 Å². The van der Waals surface area contributed by atoms with Crippen LogP contribution in [0.3, 0.4) is 0 Å². The van der Waals surface area contributed by atoms with Gasteiger partial charge in [0.25, 0.3) is 5.91 Å². The van der Waals surface area contributed by atoms with Gasteiger partial charge in [-0.05, 0) is 12.3 Å². The predicted molar refractivity (Wildman–Crippen MR) is 67.8 cm³/mol. The van der Waals surface area contributed by atoms with Crippen LogP contribution in [0.4, 0.5) is 13.2 Å². The second kappa shape index (κ2) is 7.38. The zero-order chi connectivity index (χ0) is 14.4. The molecule has 0 fully saturated rings. The van der Waals surface area contributed by atoms with Crippen molar-refractivity contribution in [2.45, 2.75) is 19.8 Å². The third kappa shape index (κ3) is 4.42. The molecule has 0 saturated heterocycles. The first-order chi connectivity index (χ1) is 8.99. The Morgan fingerprint density at radius 2 is 1.89 bits per heavy atom. The minimum Gasteiger partial charge on any atom is -0.352 e. The van der Waals surface area contributed by atoms with Crippen LogP contribution in [0.5, 0.6) is 0 Å². The Kier molecular flexibility index (Phi) is 6.15. The second-order valence-electron chi connectivity index (χ2n) is 4.21. The van der Waals surface area contributed by atoms with E-state index in [4.69, 9.17) is 11.6 Å². The van der Waals surface area contributed by atoms with Gasteiger partial charge in [-0.15, -0.1) is 11.6 Å². The number of amides is 1. The fourth-order valence-electron chi connectivity index (χ4n) is 1.69. The van der Waals surface area contributed by atoms with Crippen LogP contribution in [0.2, 0.25) is 0 Å². The number of halogens is 4. The van der Waals surface area contributed by atoms with Crippen molar-refractivity contribution in [3.05, 3.63) is 35.1 Å². The molecule has 1 atom stereocenters. The van der Waals surface area contributed by atoms with Gasteiger partial charge in [-0.25, -0.2) is 13.2 Å². The Bertz CT molecular complexity index is 431. The lowest BCUT2D eigenvalue weighted by Crippen LogP contribution is -2.30. The predicted octanol–water partition coefficient (Wildman–Crippen LogP) is 3.49. The van der Waals surface area contributed by atoms with E-state index in [-0.39, 0.29) is 12.5 Å². The Morgan fingerprint density at radius 1 is 1.32 bits per heavy atom. The van der Waals surface area contributed by atoms with Gasteiger partial charge in [0.15, 0.2) is 0 Å². The molecule has 0 heterocycles. The van der Waals surface area contributed by atoms with Crippen molar-refractivity contribution >= 4 is 17.5 Å². The van der Waals surface area contributed by atoms with Crippen molar-refractivity contribution in [2.24, 2.45) is 5.92 Å². The van der Waals surface area contributed by atoms with Gasteiger partial charge in [-0.1, -0.05) is 13.3 Å². The molecule has 1 aromatic carbocycles. The summed E-state index contributed by atoms with van der Waals surface area (Å²) in [6, 6.07) is 0.960. The molecule has 1 aromatic rings. The molecule has 0 aromatic heterocycles. The summed E-state index contributed by atoms with van der Waals surface area (Å²) >= 11 is 5.60. The first kappa shape index (κ1) is 15.8. The van der Waals surface area contributed by atoms with Crippen LogP contribution in [0.1, 0.15) is 30.1 Å². The zero-order valence-electron chi connectivity index (χ0n) is 10.5. The molecule has 6 heteroatoms. The minimum absolute atomic E-state index is 0.146. The van der Waals surface area contributed by atoms with Crippen LogP contribution < -0.4 is 5.32 Å². The Labute approximate surface area is 114 Å². The highest BCUT2D eigenvalue weighted by Gasteiger charge is 2.19. The van der Waals surface area contributed by atoms with Crippen molar-refractivity contribution < 1.29 is 18.0 Å². The summed E-state index contributed by atoms with van der Waals surface area (Å²) in [6.45, 7) is 2.21. The van der Waals surface area contributed by atoms with Gasteiger partial charge in [-0.2, -0.15) is 0 Å². The third-order valence-corrected chi connectivity index (χ3v) is 3.10. The number of nitrogens with one attached hydrogen (secondary N) is 1. The summed E-state index contributed by atoms with van der Waals surface area (Å²) in [5.41, 5.74) is -0.762. The smallest absolute Gasteiger partial charge is 0.257 e. The Morgan fingerprint density at radius 3 is 2.37 bits per heavy atom. The maximum absolute atomic E-state index is 13.4. The number of rotatable bonds is 6. The van der Waals surface area contributed by atoms with E-state index in [9.17, 15) is 18.0 Å². The lowest BCUT2D eigenvalue weighted by molar-refractivity contribution is 0.0938. The third-order valence-electron chi connectivity index (χ3n) is 2.88. The highest BCUT2D eigenvalue weighted by molar-refractivity contribution is 6.17. The SMILES string of the molecule is CCC(CCCl)CNC(=O)c1c(F)cc(F)cc1F. The average molecular weight is 294 g/mol. The molecule has 1 rings (SSSR count). The molecular weight excluding hydrogens is 279 g/mol. The van der Waals surface area contributed by atoms with Gasteiger partial charge in [-0.3, -0.25) is 4.79 Å². The normalized spacial score (nSPS) is 12.3. The summed E-state index contributed by atoms with van der Waals surface area (Å²) in [7, 11) is 0.